The maximum Gasteiger partial charge on any atom is 0.338 e. The molecule has 0 aliphatic heterocycles. The second-order valence-electron chi connectivity index (χ2n) is 4.19. The van der Waals surface area contributed by atoms with Crippen LogP contribution < -0.4 is 5.73 Å². The molecule has 0 heterocycles. The molecule has 0 radical (unpaired) electrons. The highest BCUT2D eigenvalue weighted by Gasteiger charge is 2.11. The van der Waals surface area contributed by atoms with Crippen LogP contribution in [-0.4, -0.2) is 19.1 Å². The Bertz CT molecular complexity index is 348. The summed E-state index contributed by atoms with van der Waals surface area (Å²) in [7, 11) is 0. The van der Waals surface area contributed by atoms with E-state index in [1.807, 2.05) is 32.0 Å². The molecule has 3 nitrogen and oxygen atoms in total. The lowest BCUT2D eigenvalue weighted by molar-refractivity contribution is 0.0457. The predicted octanol–water partition coefficient (Wildman–Crippen LogP) is 2.00. The van der Waals surface area contributed by atoms with Crippen molar-refractivity contribution in [2.45, 2.75) is 20.3 Å². The van der Waals surface area contributed by atoms with E-state index in [1.54, 1.807) is 6.07 Å². The van der Waals surface area contributed by atoms with Crippen molar-refractivity contribution in [1.82, 2.24) is 0 Å². The SMILES string of the molecule is CC(C)COC(=O)c1ccccc1CCN. The highest BCUT2D eigenvalue weighted by molar-refractivity contribution is 5.91. The molecule has 0 bridgehead atoms. The Balaban J connectivity index is 2.73. The van der Waals surface area contributed by atoms with Crippen molar-refractivity contribution in [3.8, 4) is 0 Å². The number of benzene rings is 1. The van der Waals surface area contributed by atoms with Gasteiger partial charge in [0.15, 0.2) is 0 Å². The van der Waals surface area contributed by atoms with Crippen LogP contribution in [0.3, 0.4) is 0 Å². The van der Waals surface area contributed by atoms with Gasteiger partial charge in [-0.15, -0.1) is 0 Å². The minimum atomic E-state index is -0.252. The van der Waals surface area contributed by atoms with E-state index in [4.69, 9.17) is 10.5 Å². The van der Waals surface area contributed by atoms with E-state index in [-0.39, 0.29) is 5.97 Å². The lowest BCUT2D eigenvalue weighted by Gasteiger charge is -2.10. The lowest BCUT2D eigenvalue weighted by atomic mass is 10.0. The first-order valence-electron chi connectivity index (χ1n) is 5.60. The van der Waals surface area contributed by atoms with Crippen LogP contribution in [-0.2, 0) is 11.2 Å². The molecule has 0 fully saturated rings. The molecule has 16 heavy (non-hydrogen) atoms. The minimum Gasteiger partial charge on any atom is -0.462 e. The molecule has 0 aliphatic rings. The second kappa shape index (κ2) is 6.28. The van der Waals surface area contributed by atoms with E-state index in [2.05, 4.69) is 0 Å². The topological polar surface area (TPSA) is 52.3 Å². The molecule has 0 unspecified atom stereocenters. The molecule has 2 N–H and O–H groups in total. The van der Waals surface area contributed by atoms with Crippen molar-refractivity contribution in [3.05, 3.63) is 35.4 Å². The third kappa shape index (κ3) is 3.66. The van der Waals surface area contributed by atoms with Crippen LogP contribution >= 0.6 is 0 Å². The van der Waals surface area contributed by atoms with Crippen LogP contribution in [0.1, 0.15) is 29.8 Å². The van der Waals surface area contributed by atoms with Gasteiger partial charge in [0, 0.05) is 0 Å². The fourth-order valence-corrected chi connectivity index (χ4v) is 1.41. The molecular weight excluding hydrogens is 202 g/mol. The predicted molar refractivity (Wildman–Crippen MR) is 64.3 cm³/mol. The molecule has 1 rings (SSSR count). The van der Waals surface area contributed by atoms with Gasteiger partial charge in [-0.1, -0.05) is 32.0 Å². The molecule has 0 spiro atoms. The molecule has 0 aromatic heterocycles. The highest BCUT2D eigenvalue weighted by atomic mass is 16.5. The van der Waals surface area contributed by atoms with Gasteiger partial charge in [0.05, 0.1) is 12.2 Å². The Morgan fingerprint density at radius 2 is 2.06 bits per heavy atom. The monoisotopic (exact) mass is 221 g/mol. The normalized spacial score (nSPS) is 10.5. The fourth-order valence-electron chi connectivity index (χ4n) is 1.41. The van der Waals surface area contributed by atoms with Crippen molar-refractivity contribution in [2.24, 2.45) is 11.7 Å². The second-order valence-corrected chi connectivity index (χ2v) is 4.19. The first kappa shape index (κ1) is 12.7. The zero-order valence-electron chi connectivity index (χ0n) is 9.90. The molecule has 0 saturated carbocycles. The lowest BCUT2D eigenvalue weighted by Crippen LogP contribution is -2.14. The van der Waals surface area contributed by atoms with Gasteiger partial charge in [-0.25, -0.2) is 4.79 Å². The summed E-state index contributed by atoms with van der Waals surface area (Å²) in [5, 5.41) is 0. The van der Waals surface area contributed by atoms with Gasteiger partial charge in [0.1, 0.15) is 0 Å². The number of hydrogen-bond donors (Lipinski definition) is 1. The van der Waals surface area contributed by atoms with E-state index in [1.165, 1.54) is 0 Å². The van der Waals surface area contributed by atoms with Gasteiger partial charge in [-0.05, 0) is 30.5 Å². The van der Waals surface area contributed by atoms with E-state index in [9.17, 15) is 4.79 Å². The number of ether oxygens (including phenoxy) is 1. The highest BCUT2D eigenvalue weighted by Crippen LogP contribution is 2.11. The van der Waals surface area contributed by atoms with Crippen molar-refractivity contribution >= 4 is 5.97 Å². The Kier molecular flexibility index (Phi) is 4.99. The van der Waals surface area contributed by atoms with Crippen LogP contribution in [0.25, 0.3) is 0 Å². The average Bonchev–Trinajstić information content (AvgIpc) is 2.27. The van der Waals surface area contributed by atoms with Crippen molar-refractivity contribution < 1.29 is 9.53 Å². The molecule has 0 aliphatic carbocycles. The van der Waals surface area contributed by atoms with Gasteiger partial charge in [0.25, 0.3) is 0 Å². The number of rotatable bonds is 5. The number of carbonyl (C=O) groups is 1. The van der Waals surface area contributed by atoms with E-state index in [0.717, 1.165) is 5.56 Å². The Hall–Kier alpha value is -1.35. The molecular formula is C13H19NO2. The van der Waals surface area contributed by atoms with Crippen molar-refractivity contribution in [2.75, 3.05) is 13.2 Å². The van der Waals surface area contributed by atoms with Crippen LogP contribution in [0.2, 0.25) is 0 Å². The first-order chi connectivity index (χ1) is 7.65. The van der Waals surface area contributed by atoms with Crippen molar-refractivity contribution in [3.63, 3.8) is 0 Å². The maximum atomic E-state index is 11.8. The van der Waals surface area contributed by atoms with E-state index in [0.29, 0.717) is 31.1 Å². The van der Waals surface area contributed by atoms with Gasteiger partial charge in [-0.3, -0.25) is 0 Å². The van der Waals surface area contributed by atoms with E-state index >= 15 is 0 Å². The third-order valence-electron chi connectivity index (χ3n) is 2.20. The first-order valence-corrected chi connectivity index (χ1v) is 5.60. The third-order valence-corrected chi connectivity index (χ3v) is 2.20. The van der Waals surface area contributed by atoms with Gasteiger partial charge in [0.2, 0.25) is 0 Å². The molecule has 88 valence electrons. The van der Waals surface area contributed by atoms with Gasteiger partial charge in [-0.2, -0.15) is 0 Å². The minimum absolute atomic E-state index is 0.252. The summed E-state index contributed by atoms with van der Waals surface area (Å²) in [4.78, 5) is 11.8. The number of hydrogen-bond acceptors (Lipinski definition) is 3. The summed E-state index contributed by atoms with van der Waals surface area (Å²) >= 11 is 0. The van der Waals surface area contributed by atoms with Crippen LogP contribution in [0.15, 0.2) is 24.3 Å². The summed E-state index contributed by atoms with van der Waals surface area (Å²) in [5.41, 5.74) is 7.09. The molecule has 1 aromatic rings. The Morgan fingerprint density at radius 3 is 2.69 bits per heavy atom. The molecule has 1 aromatic carbocycles. The quantitative estimate of drug-likeness (QED) is 0.774. The average molecular weight is 221 g/mol. The summed E-state index contributed by atoms with van der Waals surface area (Å²) in [5.74, 6) is 0.100. The summed E-state index contributed by atoms with van der Waals surface area (Å²) in [6.07, 6.45) is 0.701. The summed E-state index contributed by atoms with van der Waals surface area (Å²) in [6.45, 7) is 5.02. The van der Waals surface area contributed by atoms with Gasteiger partial charge >= 0.3 is 5.97 Å². The number of carbonyl (C=O) groups excluding carboxylic acids is 1. The molecule has 3 heteroatoms. The molecule has 0 amide bonds. The van der Waals surface area contributed by atoms with Crippen molar-refractivity contribution in [1.29, 1.82) is 0 Å². The number of esters is 1. The largest absolute Gasteiger partial charge is 0.462 e. The standard InChI is InChI=1S/C13H19NO2/c1-10(2)9-16-13(15)12-6-4-3-5-11(12)7-8-14/h3-6,10H,7-9,14H2,1-2H3. The Morgan fingerprint density at radius 1 is 1.38 bits per heavy atom. The van der Waals surface area contributed by atoms with Crippen LogP contribution in [0.4, 0.5) is 0 Å². The smallest absolute Gasteiger partial charge is 0.338 e. The van der Waals surface area contributed by atoms with Gasteiger partial charge < -0.3 is 10.5 Å². The molecule has 0 atom stereocenters. The zero-order valence-corrected chi connectivity index (χ0v) is 9.90. The summed E-state index contributed by atoms with van der Waals surface area (Å²) < 4.78 is 5.20. The van der Waals surface area contributed by atoms with Crippen LogP contribution in [0, 0.1) is 5.92 Å². The molecule has 0 saturated heterocycles. The fraction of sp³-hybridized carbons (Fsp3) is 0.462. The van der Waals surface area contributed by atoms with E-state index < -0.39 is 0 Å². The zero-order chi connectivity index (χ0) is 12.0. The summed E-state index contributed by atoms with van der Waals surface area (Å²) in [6, 6.07) is 7.45. The number of nitrogens with two attached hydrogens (primary N) is 1. The maximum absolute atomic E-state index is 11.8. The Labute approximate surface area is 96.6 Å². The van der Waals surface area contributed by atoms with Crippen LogP contribution in [0.5, 0.6) is 0 Å².